The number of hydrogen-bond acceptors (Lipinski definition) is 5. The number of methoxy groups -OCH3 is 2. The van der Waals surface area contributed by atoms with E-state index < -0.39 is 29.6 Å². The maximum atomic E-state index is 11.6. The number of hydrogen-bond donors (Lipinski definition) is 0. The molecule has 2 fully saturated rings. The molecule has 5 heteroatoms. The highest BCUT2D eigenvalue weighted by atomic mass is 16.7. The molecule has 0 aromatic heterocycles. The second kappa shape index (κ2) is 2.93. The molecule has 1 saturated heterocycles. The Morgan fingerprint density at radius 1 is 1.06 bits per heavy atom. The summed E-state index contributed by atoms with van der Waals surface area (Å²) in [6.45, 7) is 0. The molecule has 2 aliphatic carbocycles. The molecule has 3 rings (SSSR count). The Labute approximate surface area is 92.3 Å². The van der Waals surface area contributed by atoms with Gasteiger partial charge in [-0.2, -0.15) is 0 Å². The summed E-state index contributed by atoms with van der Waals surface area (Å²) in [5.74, 6) is -3.11. The van der Waals surface area contributed by atoms with Crippen molar-refractivity contribution in [2.24, 2.45) is 23.7 Å². The SMILES string of the molecule is COC1(OC)[C@@H]2C=C[C@H]1[C@H]1C(=O)OC(=O)[C@@H]12. The minimum atomic E-state index is -0.871. The molecule has 16 heavy (non-hydrogen) atoms. The summed E-state index contributed by atoms with van der Waals surface area (Å²) >= 11 is 0. The van der Waals surface area contributed by atoms with Crippen LogP contribution in [0.1, 0.15) is 0 Å². The average molecular weight is 224 g/mol. The molecule has 3 aliphatic rings. The van der Waals surface area contributed by atoms with E-state index in [0.717, 1.165) is 0 Å². The molecular formula is C11H12O5. The molecule has 0 spiro atoms. The lowest BCUT2D eigenvalue weighted by molar-refractivity contribution is -0.236. The average Bonchev–Trinajstić information content (AvgIpc) is 2.87. The third-order valence-corrected chi connectivity index (χ3v) is 4.00. The van der Waals surface area contributed by atoms with Crippen molar-refractivity contribution in [3.05, 3.63) is 12.2 Å². The number of ether oxygens (including phenoxy) is 3. The predicted octanol–water partition coefficient (Wildman–Crippen LogP) is 0.107. The molecule has 0 aromatic rings. The van der Waals surface area contributed by atoms with Gasteiger partial charge in [0.1, 0.15) is 0 Å². The van der Waals surface area contributed by atoms with Crippen LogP contribution in [-0.4, -0.2) is 31.9 Å². The first-order valence-electron chi connectivity index (χ1n) is 5.20. The Hall–Kier alpha value is -1.20. The zero-order valence-corrected chi connectivity index (χ0v) is 9.01. The fourth-order valence-corrected chi connectivity index (χ4v) is 3.37. The number of esters is 2. The van der Waals surface area contributed by atoms with Gasteiger partial charge < -0.3 is 14.2 Å². The smallest absolute Gasteiger partial charge is 0.318 e. The largest absolute Gasteiger partial charge is 0.393 e. The van der Waals surface area contributed by atoms with Gasteiger partial charge in [-0.15, -0.1) is 0 Å². The first-order chi connectivity index (χ1) is 7.65. The Morgan fingerprint density at radius 2 is 1.50 bits per heavy atom. The van der Waals surface area contributed by atoms with Crippen molar-refractivity contribution >= 4 is 11.9 Å². The highest BCUT2D eigenvalue weighted by Crippen LogP contribution is 2.59. The molecule has 1 heterocycles. The number of cyclic esters (lactones) is 2. The number of fused-ring (bicyclic) bond motifs is 5. The van der Waals surface area contributed by atoms with E-state index in [1.807, 2.05) is 12.2 Å². The quantitative estimate of drug-likeness (QED) is 0.288. The van der Waals surface area contributed by atoms with Crippen LogP contribution >= 0.6 is 0 Å². The van der Waals surface area contributed by atoms with Gasteiger partial charge in [0.15, 0.2) is 5.79 Å². The van der Waals surface area contributed by atoms with Gasteiger partial charge >= 0.3 is 11.9 Å². The van der Waals surface area contributed by atoms with E-state index in [-0.39, 0.29) is 11.8 Å². The van der Waals surface area contributed by atoms with Gasteiger partial charge in [0.25, 0.3) is 0 Å². The third-order valence-electron chi connectivity index (χ3n) is 4.00. The van der Waals surface area contributed by atoms with Crippen molar-refractivity contribution in [3.63, 3.8) is 0 Å². The van der Waals surface area contributed by atoms with Crippen LogP contribution in [0.3, 0.4) is 0 Å². The van der Waals surface area contributed by atoms with Crippen LogP contribution in [0.4, 0.5) is 0 Å². The van der Waals surface area contributed by atoms with Crippen LogP contribution in [0.15, 0.2) is 12.2 Å². The third kappa shape index (κ3) is 0.850. The lowest BCUT2D eigenvalue weighted by atomic mass is 9.85. The number of carbonyl (C=O) groups is 2. The molecule has 86 valence electrons. The Balaban J connectivity index is 2.09. The van der Waals surface area contributed by atoms with Crippen LogP contribution in [0.2, 0.25) is 0 Å². The first-order valence-corrected chi connectivity index (χ1v) is 5.20. The zero-order chi connectivity index (χ0) is 11.5. The Bertz CT molecular complexity index is 363. The van der Waals surface area contributed by atoms with Gasteiger partial charge in [-0.1, -0.05) is 12.2 Å². The summed E-state index contributed by atoms with van der Waals surface area (Å²) in [6, 6.07) is 0. The highest BCUT2D eigenvalue weighted by Gasteiger charge is 2.70. The van der Waals surface area contributed by atoms with Crippen LogP contribution < -0.4 is 0 Å². The van der Waals surface area contributed by atoms with E-state index in [4.69, 9.17) is 9.47 Å². The molecule has 1 aliphatic heterocycles. The molecule has 0 aromatic carbocycles. The molecule has 5 nitrogen and oxygen atoms in total. The van der Waals surface area contributed by atoms with E-state index in [1.54, 1.807) is 0 Å². The fraction of sp³-hybridized carbons (Fsp3) is 0.636. The van der Waals surface area contributed by atoms with E-state index in [0.29, 0.717) is 0 Å². The van der Waals surface area contributed by atoms with Gasteiger partial charge in [-0.05, 0) is 0 Å². The van der Waals surface area contributed by atoms with E-state index >= 15 is 0 Å². The second-order valence-corrected chi connectivity index (χ2v) is 4.36. The lowest BCUT2D eigenvalue weighted by Crippen LogP contribution is -2.42. The molecule has 0 N–H and O–H groups in total. The van der Waals surface area contributed by atoms with Crippen LogP contribution in [-0.2, 0) is 23.8 Å². The predicted molar refractivity (Wildman–Crippen MR) is 50.9 cm³/mol. The minimum absolute atomic E-state index is 0.226. The van der Waals surface area contributed by atoms with Gasteiger partial charge in [0, 0.05) is 26.1 Å². The van der Waals surface area contributed by atoms with Gasteiger partial charge in [0.2, 0.25) is 0 Å². The van der Waals surface area contributed by atoms with E-state index in [9.17, 15) is 9.59 Å². The fourth-order valence-electron chi connectivity index (χ4n) is 3.37. The summed E-state index contributed by atoms with van der Waals surface area (Å²) in [4.78, 5) is 23.2. The van der Waals surface area contributed by atoms with E-state index in [2.05, 4.69) is 4.74 Å². The van der Waals surface area contributed by atoms with Crippen molar-refractivity contribution in [2.45, 2.75) is 5.79 Å². The highest BCUT2D eigenvalue weighted by molar-refractivity contribution is 5.98. The van der Waals surface area contributed by atoms with Gasteiger partial charge in [-0.25, -0.2) is 0 Å². The molecule has 0 radical (unpaired) electrons. The zero-order valence-electron chi connectivity index (χ0n) is 9.01. The van der Waals surface area contributed by atoms with Crippen LogP contribution in [0.25, 0.3) is 0 Å². The molecule has 1 saturated carbocycles. The van der Waals surface area contributed by atoms with Crippen LogP contribution in [0.5, 0.6) is 0 Å². The van der Waals surface area contributed by atoms with E-state index in [1.165, 1.54) is 14.2 Å². The molecule has 0 amide bonds. The Morgan fingerprint density at radius 3 is 1.88 bits per heavy atom. The van der Waals surface area contributed by atoms with Crippen molar-refractivity contribution in [3.8, 4) is 0 Å². The van der Waals surface area contributed by atoms with Crippen molar-refractivity contribution < 1.29 is 23.8 Å². The molecule has 0 unspecified atom stereocenters. The monoisotopic (exact) mass is 224 g/mol. The normalized spacial score (nSPS) is 42.6. The number of carbonyl (C=O) groups excluding carboxylic acids is 2. The van der Waals surface area contributed by atoms with Gasteiger partial charge in [-0.3, -0.25) is 9.59 Å². The number of rotatable bonds is 2. The minimum Gasteiger partial charge on any atom is -0.393 e. The van der Waals surface area contributed by atoms with Crippen molar-refractivity contribution in [1.82, 2.24) is 0 Å². The maximum Gasteiger partial charge on any atom is 0.318 e. The molecule has 2 bridgehead atoms. The van der Waals surface area contributed by atoms with Crippen molar-refractivity contribution in [2.75, 3.05) is 14.2 Å². The summed E-state index contributed by atoms with van der Waals surface area (Å²) < 4.78 is 15.5. The van der Waals surface area contributed by atoms with Crippen LogP contribution in [0, 0.1) is 23.7 Å². The first kappa shape index (κ1) is 9.99. The molecular weight excluding hydrogens is 212 g/mol. The summed E-state index contributed by atoms with van der Waals surface area (Å²) in [6.07, 6.45) is 3.78. The second-order valence-electron chi connectivity index (χ2n) is 4.36. The molecule has 4 atom stereocenters. The standard InChI is InChI=1S/C11H12O5/c1-14-11(15-2)5-3-4-6(11)8-7(5)9(12)16-10(8)13/h3-8H,1-2H3/t5-,6+,7-,8-/m1/s1. The van der Waals surface area contributed by atoms with Crippen molar-refractivity contribution in [1.29, 1.82) is 0 Å². The topological polar surface area (TPSA) is 61.8 Å². The Kier molecular flexibility index (Phi) is 1.83. The lowest BCUT2D eigenvalue weighted by Gasteiger charge is -2.32. The summed E-state index contributed by atoms with van der Waals surface area (Å²) in [5.41, 5.74) is 0. The van der Waals surface area contributed by atoms with Gasteiger partial charge in [0.05, 0.1) is 11.8 Å². The maximum absolute atomic E-state index is 11.6. The summed E-state index contributed by atoms with van der Waals surface area (Å²) in [7, 11) is 3.07. The summed E-state index contributed by atoms with van der Waals surface area (Å²) in [5, 5.41) is 0.